The Labute approximate surface area is 80.5 Å². The summed E-state index contributed by atoms with van der Waals surface area (Å²) >= 11 is 0. The number of piperidine rings is 1. The van der Waals surface area contributed by atoms with Crippen LogP contribution < -0.4 is 5.32 Å². The molecule has 3 heteroatoms. The smallest absolute Gasteiger partial charge is 0.117 e. The first-order valence-electron chi connectivity index (χ1n) is 5.32. The molecule has 0 spiro atoms. The van der Waals surface area contributed by atoms with Crippen LogP contribution in [0.4, 0.5) is 0 Å². The monoisotopic (exact) mass is 184 g/mol. The Bertz CT molecular complexity index is 149. The molecule has 0 atom stereocenters. The van der Waals surface area contributed by atoms with E-state index in [0.29, 0.717) is 0 Å². The number of rotatable bonds is 5. The molecule has 13 heavy (non-hydrogen) atoms. The van der Waals surface area contributed by atoms with Crippen LogP contribution in [-0.4, -0.2) is 25.4 Å². The highest BCUT2D eigenvalue weighted by molar-refractivity contribution is 5.84. The molecular formula is C10H20N2O. The van der Waals surface area contributed by atoms with Gasteiger partial charge in [0.25, 0.3) is 0 Å². The molecule has 0 saturated carbocycles. The molecule has 76 valence electrons. The molecule has 0 radical (unpaired) electrons. The lowest BCUT2D eigenvalue weighted by Crippen LogP contribution is -2.27. The zero-order chi connectivity index (χ0) is 9.36. The predicted octanol–water partition coefficient (Wildman–Crippen LogP) is 1.93. The van der Waals surface area contributed by atoms with Crippen LogP contribution in [-0.2, 0) is 4.84 Å². The molecule has 1 saturated heterocycles. The summed E-state index contributed by atoms with van der Waals surface area (Å²) in [4.78, 5) is 5.24. The zero-order valence-corrected chi connectivity index (χ0v) is 8.51. The minimum atomic E-state index is 0.783. The Morgan fingerprint density at radius 3 is 2.77 bits per heavy atom. The minimum Gasteiger partial charge on any atom is -0.396 e. The first kappa shape index (κ1) is 10.5. The number of unbranched alkanes of at least 4 members (excludes halogenated alkanes) is 2. The SMILES string of the molecule is CCCCCON=C1CCNCC1. The fraction of sp³-hybridized carbons (Fsp3) is 0.900. The highest BCUT2D eigenvalue weighted by Gasteiger charge is 2.05. The molecule has 1 rings (SSSR count). The van der Waals surface area contributed by atoms with Gasteiger partial charge in [-0.2, -0.15) is 0 Å². The maximum Gasteiger partial charge on any atom is 0.117 e. The second kappa shape index (κ2) is 6.89. The molecule has 0 aliphatic carbocycles. The maximum absolute atomic E-state index is 5.24. The standard InChI is InChI=1S/C10H20N2O/c1-2-3-4-9-13-12-10-5-7-11-8-6-10/h11H,2-9H2,1H3. The molecule has 1 N–H and O–H groups in total. The fourth-order valence-electron chi connectivity index (χ4n) is 1.36. The van der Waals surface area contributed by atoms with Gasteiger partial charge in [-0.3, -0.25) is 0 Å². The summed E-state index contributed by atoms with van der Waals surface area (Å²) in [6.45, 7) is 5.08. The number of hydrogen-bond acceptors (Lipinski definition) is 3. The molecule has 0 amide bonds. The van der Waals surface area contributed by atoms with Gasteiger partial charge in [-0.15, -0.1) is 0 Å². The van der Waals surface area contributed by atoms with Crippen LogP contribution in [0.2, 0.25) is 0 Å². The summed E-state index contributed by atoms with van der Waals surface area (Å²) < 4.78 is 0. The fourth-order valence-corrected chi connectivity index (χ4v) is 1.36. The van der Waals surface area contributed by atoms with Gasteiger partial charge in [-0.05, 0) is 6.42 Å². The number of nitrogens with zero attached hydrogens (tertiary/aromatic N) is 1. The van der Waals surface area contributed by atoms with Gasteiger partial charge in [-0.25, -0.2) is 0 Å². The van der Waals surface area contributed by atoms with Gasteiger partial charge >= 0.3 is 0 Å². The quantitative estimate of drug-likeness (QED) is 0.523. The van der Waals surface area contributed by atoms with E-state index in [4.69, 9.17) is 4.84 Å². The van der Waals surface area contributed by atoms with Gasteiger partial charge in [0.15, 0.2) is 0 Å². The van der Waals surface area contributed by atoms with Crippen molar-refractivity contribution in [2.75, 3.05) is 19.7 Å². The van der Waals surface area contributed by atoms with Crippen LogP contribution in [0, 0.1) is 0 Å². The van der Waals surface area contributed by atoms with E-state index in [1.54, 1.807) is 0 Å². The normalized spacial score (nSPS) is 17.2. The molecule has 0 bridgehead atoms. The van der Waals surface area contributed by atoms with Crippen molar-refractivity contribution in [1.82, 2.24) is 5.32 Å². The van der Waals surface area contributed by atoms with Gasteiger partial charge in [0, 0.05) is 25.9 Å². The van der Waals surface area contributed by atoms with Crippen molar-refractivity contribution in [3.05, 3.63) is 0 Å². The van der Waals surface area contributed by atoms with Gasteiger partial charge in [0.1, 0.15) is 6.61 Å². The summed E-state index contributed by atoms with van der Waals surface area (Å²) in [7, 11) is 0. The molecule has 1 aliphatic rings. The van der Waals surface area contributed by atoms with Gasteiger partial charge in [0.2, 0.25) is 0 Å². The molecule has 0 unspecified atom stereocenters. The van der Waals surface area contributed by atoms with Gasteiger partial charge < -0.3 is 10.2 Å². The van der Waals surface area contributed by atoms with E-state index in [1.807, 2.05) is 0 Å². The topological polar surface area (TPSA) is 33.6 Å². The van der Waals surface area contributed by atoms with E-state index in [2.05, 4.69) is 17.4 Å². The van der Waals surface area contributed by atoms with E-state index in [0.717, 1.165) is 39.0 Å². The van der Waals surface area contributed by atoms with Gasteiger partial charge in [0.05, 0.1) is 5.71 Å². The van der Waals surface area contributed by atoms with E-state index in [9.17, 15) is 0 Å². The van der Waals surface area contributed by atoms with Crippen LogP contribution in [0.5, 0.6) is 0 Å². The summed E-state index contributed by atoms with van der Waals surface area (Å²) in [6.07, 6.45) is 5.71. The Morgan fingerprint density at radius 2 is 2.08 bits per heavy atom. The largest absolute Gasteiger partial charge is 0.396 e. The average Bonchev–Trinajstić information content (AvgIpc) is 2.19. The van der Waals surface area contributed by atoms with Crippen molar-refractivity contribution in [2.45, 2.75) is 39.0 Å². The number of nitrogens with one attached hydrogen (secondary N) is 1. The van der Waals surface area contributed by atoms with Crippen molar-refractivity contribution in [1.29, 1.82) is 0 Å². The van der Waals surface area contributed by atoms with Crippen LogP contribution in [0.25, 0.3) is 0 Å². The van der Waals surface area contributed by atoms with Crippen molar-refractivity contribution in [2.24, 2.45) is 5.16 Å². The summed E-state index contributed by atoms with van der Waals surface area (Å²) in [5, 5.41) is 7.42. The molecule has 0 aromatic heterocycles. The third kappa shape index (κ3) is 4.88. The summed E-state index contributed by atoms with van der Waals surface area (Å²) in [5.41, 5.74) is 1.22. The lowest BCUT2D eigenvalue weighted by Gasteiger charge is -2.13. The van der Waals surface area contributed by atoms with Crippen molar-refractivity contribution >= 4 is 5.71 Å². The lowest BCUT2D eigenvalue weighted by atomic mass is 10.1. The molecular weight excluding hydrogens is 164 g/mol. The molecule has 0 aromatic carbocycles. The van der Waals surface area contributed by atoms with E-state index in [-0.39, 0.29) is 0 Å². The van der Waals surface area contributed by atoms with Crippen LogP contribution in [0.3, 0.4) is 0 Å². The highest BCUT2D eigenvalue weighted by Crippen LogP contribution is 2.00. The second-order valence-electron chi connectivity index (χ2n) is 3.45. The molecule has 0 aromatic rings. The Hall–Kier alpha value is -0.570. The third-order valence-electron chi connectivity index (χ3n) is 2.21. The van der Waals surface area contributed by atoms with Crippen LogP contribution >= 0.6 is 0 Å². The second-order valence-corrected chi connectivity index (χ2v) is 3.45. The van der Waals surface area contributed by atoms with E-state index >= 15 is 0 Å². The first-order valence-corrected chi connectivity index (χ1v) is 5.32. The third-order valence-corrected chi connectivity index (χ3v) is 2.21. The number of oxime groups is 1. The lowest BCUT2D eigenvalue weighted by molar-refractivity contribution is 0.138. The molecule has 1 aliphatic heterocycles. The zero-order valence-electron chi connectivity index (χ0n) is 8.51. The first-order chi connectivity index (χ1) is 6.43. The Balaban J connectivity index is 2.01. The van der Waals surface area contributed by atoms with Gasteiger partial charge in [-0.1, -0.05) is 24.9 Å². The van der Waals surface area contributed by atoms with Crippen molar-refractivity contribution < 1.29 is 4.84 Å². The Morgan fingerprint density at radius 1 is 1.31 bits per heavy atom. The minimum absolute atomic E-state index is 0.783. The molecule has 1 heterocycles. The maximum atomic E-state index is 5.24. The summed E-state index contributed by atoms with van der Waals surface area (Å²) in [6, 6.07) is 0. The molecule has 1 fully saturated rings. The van der Waals surface area contributed by atoms with Crippen molar-refractivity contribution in [3.63, 3.8) is 0 Å². The number of hydrogen-bond donors (Lipinski definition) is 1. The molecule has 3 nitrogen and oxygen atoms in total. The van der Waals surface area contributed by atoms with Crippen LogP contribution in [0.1, 0.15) is 39.0 Å². The highest BCUT2D eigenvalue weighted by atomic mass is 16.6. The van der Waals surface area contributed by atoms with E-state index in [1.165, 1.54) is 18.6 Å². The Kier molecular flexibility index (Phi) is 5.57. The predicted molar refractivity (Wildman–Crippen MR) is 55.0 cm³/mol. The van der Waals surface area contributed by atoms with Crippen molar-refractivity contribution in [3.8, 4) is 0 Å². The van der Waals surface area contributed by atoms with E-state index < -0.39 is 0 Å². The van der Waals surface area contributed by atoms with Crippen LogP contribution in [0.15, 0.2) is 5.16 Å². The average molecular weight is 184 g/mol. The summed E-state index contributed by atoms with van der Waals surface area (Å²) in [5.74, 6) is 0.